The average molecular weight is 215 g/mol. The third-order valence-electron chi connectivity index (χ3n) is 3.49. The van der Waals surface area contributed by atoms with Crippen molar-refractivity contribution < 1.29 is 0 Å². The van der Waals surface area contributed by atoms with Crippen molar-refractivity contribution in [3.8, 4) is 0 Å². The third-order valence-corrected chi connectivity index (χ3v) is 3.49. The van der Waals surface area contributed by atoms with Crippen LogP contribution in [0.15, 0.2) is 24.5 Å². The molecule has 84 valence electrons. The highest BCUT2D eigenvalue weighted by Gasteiger charge is 2.17. The van der Waals surface area contributed by atoms with Crippen LogP contribution in [0.25, 0.3) is 11.0 Å². The number of rotatable bonds is 2. The van der Waals surface area contributed by atoms with E-state index < -0.39 is 0 Å². The van der Waals surface area contributed by atoms with E-state index in [-0.39, 0.29) is 0 Å². The van der Waals surface area contributed by atoms with E-state index in [0.717, 1.165) is 18.1 Å². The summed E-state index contributed by atoms with van der Waals surface area (Å²) in [4.78, 5) is 4.42. The van der Waals surface area contributed by atoms with E-state index in [1.807, 2.05) is 12.3 Å². The largest absolute Gasteiger partial charge is 0.335 e. The Labute approximate surface area is 95.5 Å². The summed E-state index contributed by atoms with van der Waals surface area (Å²) in [6.07, 6.45) is 6.58. The van der Waals surface area contributed by atoms with Gasteiger partial charge in [-0.2, -0.15) is 0 Å². The molecule has 1 aliphatic rings. The minimum Gasteiger partial charge on any atom is -0.335 e. The maximum absolute atomic E-state index is 4.42. The van der Waals surface area contributed by atoms with Gasteiger partial charge in [0, 0.05) is 24.8 Å². The van der Waals surface area contributed by atoms with Gasteiger partial charge in [0.2, 0.25) is 0 Å². The molecule has 0 radical (unpaired) electrons. The minimum absolute atomic E-state index is 0.797. The molecular formula is C13H17N3. The number of nitrogens with one attached hydrogen (secondary N) is 1. The Morgan fingerprint density at radius 2 is 2.50 bits per heavy atom. The number of aromatic nitrogens is 2. The number of hydrogen-bond acceptors (Lipinski definition) is 2. The van der Waals surface area contributed by atoms with E-state index in [9.17, 15) is 0 Å². The fourth-order valence-corrected chi connectivity index (χ4v) is 2.66. The van der Waals surface area contributed by atoms with Crippen LogP contribution in [0.3, 0.4) is 0 Å². The van der Waals surface area contributed by atoms with E-state index >= 15 is 0 Å². The molecule has 3 heterocycles. The van der Waals surface area contributed by atoms with Gasteiger partial charge in [0.05, 0.1) is 0 Å². The van der Waals surface area contributed by atoms with Gasteiger partial charge in [-0.15, -0.1) is 0 Å². The van der Waals surface area contributed by atoms with Gasteiger partial charge in [0.15, 0.2) is 0 Å². The van der Waals surface area contributed by atoms with Crippen molar-refractivity contribution in [1.29, 1.82) is 0 Å². The number of pyridine rings is 1. The van der Waals surface area contributed by atoms with E-state index in [2.05, 4.69) is 34.2 Å². The maximum Gasteiger partial charge on any atom is 0.139 e. The van der Waals surface area contributed by atoms with Gasteiger partial charge in [0.25, 0.3) is 0 Å². The smallest absolute Gasteiger partial charge is 0.139 e. The molecule has 0 saturated carbocycles. The average Bonchev–Trinajstić information content (AvgIpc) is 2.90. The van der Waals surface area contributed by atoms with Crippen molar-refractivity contribution in [3.05, 3.63) is 30.1 Å². The fraction of sp³-hybridized carbons (Fsp3) is 0.462. The molecule has 0 aromatic carbocycles. The lowest BCUT2D eigenvalue weighted by atomic mass is 9.99. The highest BCUT2D eigenvalue weighted by Crippen LogP contribution is 2.23. The minimum atomic E-state index is 0.797. The fourth-order valence-electron chi connectivity index (χ4n) is 2.66. The second-order valence-electron chi connectivity index (χ2n) is 4.70. The molecule has 0 amide bonds. The van der Waals surface area contributed by atoms with Crippen molar-refractivity contribution in [2.75, 3.05) is 13.1 Å². The van der Waals surface area contributed by atoms with Crippen molar-refractivity contribution in [2.24, 2.45) is 13.0 Å². The Morgan fingerprint density at radius 3 is 3.31 bits per heavy atom. The lowest BCUT2D eigenvalue weighted by molar-refractivity contribution is 0.581. The SMILES string of the molecule is Cn1cc(CC2CCNC2)c2cccnc21. The van der Waals surface area contributed by atoms with Crippen molar-refractivity contribution >= 4 is 11.0 Å². The lowest BCUT2D eigenvalue weighted by Gasteiger charge is -2.06. The van der Waals surface area contributed by atoms with Crippen LogP contribution in [-0.2, 0) is 13.5 Å². The second-order valence-corrected chi connectivity index (χ2v) is 4.70. The Kier molecular flexibility index (Phi) is 2.40. The molecule has 2 aromatic rings. The van der Waals surface area contributed by atoms with E-state index in [0.29, 0.717) is 0 Å². The predicted octanol–water partition coefficient (Wildman–Crippen LogP) is 1.73. The monoisotopic (exact) mass is 215 g/mol. The van der Waals surface area contributed by atoms with Gasteiger partial charge in [-0.3, -0.25) is 0 Å². The number of hydrogen-bond donors (Lipinski definition) is 1. The molecule has 2 aromatic heterocycles. The summed E-state index contributed by atoms with van der Waals surface area (Å²) in [7, 11) is 2.08. The topological polar surface area (TPSA) is 29.9 Å². The molecule has 1 fully saturated rings. The van der Waals surface area contributed by atoms with E-state index in [1.165, 1.54) is 30.3 Å². The molecule has 0 spiro atoms. The molecule has 0 aliphatic carbocycles. The van der Waals surface area contributed by atoms with E-state index in [4.69, 9.17) is 0 Å². The summed E-state index contributed by atoms with van der Waals surface area (Å²) >= 11 is 0. The number of fused-ring (bicyclic) bond motifs is 1. The molecule has 1 N–H and O–H groups in total. The lowest BCUT2D eigenvalue weighted by Crippen LogP contribution is -2.10. The Hall–Kier alpha value is -1.35. The summed E-state index contributed by atoms with van der Waals surface area (Å²) in [5.41, 5.74) is 2.54. The highest BCUT2D eigenvalue weighted by atomic mass is 15.0. The van der Waals surface area contributed by atoms with Crippen LogP contribution in [0, 0.1) is 5.92 Å². The van der Waals surface area contributed by atoms with Gasteiger partial charge >= 0.3 is 0 Å². The molecule has 3 heteroatoms. The second kappa shape index (κ2) is 3.91. The quantitative estimate of drug-likeness (QED) is 0.826. The molecule has 0 bridgehead atoms. The Bertz CT molecular complexity index is 495. The Morgan fingerprint density at radius 1 is 1.56 bits per heavy atom. The summed E-state index contributed by atoms with van der Waals surface area (Å²) in [6, 6.07) is 4.21. The normalized spacial score (nSPS) is 20.7. The van der Waals surface area contributed by atoms with Crippen molar-refractivity contribution in [1.82, 2.24) is 14.9 Å². The van der Waals surface area contributed by atoms with Gasteiger partial charge in [-0.1, -0.05) is 0 Å². The number of aryl methyl sites for hydroxylation is 1. The van der Waals surface area contributed by atoms with Crippen molar-refractivity contribution in [2.45, 2.75) is 12.8 Å². The molecular weight excluding hydrogens is 198 g/mol. The van der Waals surface area contributed by atoms with Crippen LogP contribution >= 0.6 is 0 Å². The van der Waals surface area contributed by atoms with Crippen LogP contribution < -0.4 is 5.32 Å². The highest BCUT2D eigenvalue weighted by molar-refractivity contribution is 5.80. The zero-order valence-electron chi connectivity index (χ0n) is 9.61. The standard InChI is InChI=1S/C13H17N3/c1-16-9-11(7-10-4-6-14-8-10)12-3-2-5-15-13(12)16/h2-3,5,9-10,14H,4,6-8H2,1H3. The molecule has 3 nitrogen and oxygen atoms in total. The molecule has 1 atom stereocenters. The summed E-state index contributed by atoms with van der Waals surface area (Å²) in [5, 5.41) is 4.74. The first-order valence-corrected chi connectivity index (χ1v) is 5.94. The van der Waals surface area contributed by atoms with Gasteiger partial charge < -0.3 is 9.88 Å². The molecule has 3 rings (SSSR count). The van der Waals surface area contributed by atoms with Crippen LogP contribution in [0.1, 0.15) is 12.0 Å². The molecule has 1 aliphatic heterocycles. The molecule has 16 heavy (non-hydrogen) atoms. The predicted molar refractivity (Wildman–Crippen MR) is 65.4 cm³/mol. The number of nitrogens with zero attached hydrogens (tertiary/aromatic N) is 2. The van der Waals surface area contributed by atoms with Crippen LogP contribution in [0.5, 0.6) is 0 Å². The van der Waals surface area contributed by atoms with Gasteiger partial charge in [-0.05, 0) is 49.5 Å². The van der Waals surface area contributed by atoms with E-state index in [1.54, 1.807) is 0 Å². The summed E-state index contributed by atoms with van der Waals surface area (Å²) in [6.45, 7) is 2.34. The summed E-state index contributed by atoms with van der Waals surface area (Å²) < 4.78 is 2.13. The maximum atomic E-state index is 4.42. The first kappa shape index (κ1) is 9.85. The first-order chi connectivity index (χ1) is 7.84. The molecule has 1 saturated heterocycles. The van der Waals surface area contributed by atoms with Crippen LogP contribution in [0.2, 0.25) is 0 Å². The third kappa shape index (κ3) is 1.61. The van der Waals surface area contributed by atoms with Gasteiger partial charge in [-0.25, -0.2) is 4.98 Å². The first-order valence-electron chi connectivity index (χ1n) is 5.94. The Balaban J connectivity index is 1.96. The summed E-state index contributed by atoms with van der Waals surface area (Å²) in [5.74, 6) is 0.797. The van der Waals surface area contributed by atoms with Crippen molar-refractivity contribution in [3.63, 3.8) is 0 Å². The molecule has 1 unspecified atom stereocenters. The van der Waals surface area contributed by atoms with Crippen LogP contribution in [-0.4, -0.2) is 22.6 Å². The van der Waals surface area contributed by atoms with Crippen LogP contribution in [0.4, 0.5) is 0 Å². The zero-order valence-corrected chi connectivity index (χ0v) is 9.61. The zero-order chi connectivity index (χ0) is 11.0. The van der Waals surface area contributed by atoms with Gasteiger partial charge in [0.1, 0.15) is 5.65 Å².